The predicted octanol–water partition coefficient (Wildman–Crippen LogP) is 5.34. The molecule has 0 saturated carbocycles. The molecule has 1 atom stereocenters. The monoisotopic (exact) mass is 452 g/mol. The van der Waals surface area contributed by atoms with Gasteiger partial charge in [-0.3, -0.25) is 9.59 Å². The third-order valence-corrected chi connectivity index (χ3v) is 6.06. The molecular weight excluding hydrogens is 427 g/mol. The molecule has 4 nitrogen and oxygen atoms in total. The molecule has 0 unspecified atom stereocenters. The Kier molecular flexibility index (Phi) is 9.34. The number of amides is 2. The summed E-state index contributed by atoms with van der Waals surface area (Å²) in [5, 5.41) is 3.84. The summed E-state index contributed by atoms with van der Waals surface area (Å²) < 4.78 is 0. The van der Waals surface area contributed by atoms with Crippen LogP contribution in [0.5, 0.6) is 0 Å². The molecule has 0 bridgehead atoms. The van der Waals surface area contributed by atoms with Crippen LogP contribution in [0.15, 0.2) is 47.4 Å². The first-order valence-corrected chi connectivity index (χ1v) is 11.3. The van der Waals surface area contributed by atoms with Crippen LogP contribution in [0.3, 0.4) is 0 Å². The van der Waals surface area contributed by atoms with Gasteiger partial charge >= 0.3 is 0 Å². The second kappa shape index (κ2) is 11.5. The normalized spacial score (nSPS) is 11.8. The van der Waals surface area contributed by atoms with Crippen molar-refractivity contribution in [2.24, 2.45) is 0 Å². The van der Waals surface area contributed by atoms with Crippen molar-refractivity contribution in [3.8, 4) is 0 Å². The average Bonchev–Trinajstić information content (AvgIpc) is 2.69. The average molecular weight is 453 g/mol. The number of hydrogen-bond donors (Lipinski definition) is 1. The van der Waals surface area contributed by atoms with E-state index >= 15 is 0 Å². The van der Waals surface area contributed by atoms with E-state index in [0.717, 1.165) is 10.5 Å². The molecule has 0 aliphatic rings. The molecule has 29 heavy (non-hydrogen) atoms. The number of carbonyl (C=O) groups excluding carboxylic acids is 2. The van der Waals surface area contributed by atoms with Crippen molar-refractivity contribution >= 4 is 46.8 Å². The van der Waals surface area contributed by atoms with Gasteiger partial charge in [-0.05, 0) is 50.1 Å². The zero-order valence-corrected chi connectivity index (χ0v) is 19.2. The molecule has 0 spiro atoms. The van der Waals surface area contributed by atoms with Crippen LogP contribution in [0, 0.1) is 6.92 Å². The molecule has 1 N–H and O–H groups in total. The van der Waals surface area contributed by atoms with Crippen LogP contribution in [0.4, 0.5) is 0 Å². The molecule has 0 aromatic heterocycles. The maximum Gasteiger partial charge on any atom is 0.242 e. The van der Waals surface area contributed by atoms with Gasteiger partial charge in [-0.2, -0.15) is 0 Å². The van der Waals surface area contributed by atoms with Gasteiger partial charge in [-0.25, -0.2) is 0 Å². The number of rotatable bonds is 9. The summed E-state index contributed by atoms with van der Waals surface area (Å²) in [6.07, 6.45) is 0.512. The van der Waals surface area contributed by atoms with Crippen LogP contribution < -0.4 is 5.32 Å². The fraction of sp³-hybridized carbons (Fsp3) is 0.364. The van der Waals surface area contributed by atoms with E-state index in [1.807, 2.05) is 45.0 Å². The van der Waals surface area contributed by atoms with Crippen molar-refractivity contribution < 1.29 is 9.59 Å². The maximum atomic E-state index is 13.1. The van der Waals surface area contributed by atoms with Crippen molar-refractivity contribution in [1.82, 2.24) is 10.2 Å². The van der Waals surface area contributed by atoms with Gasteiger partial charge in [-0.15, -0.1) is 11.8 Å². The summed E-state index contributed by atoms with van der Waals surface area (Å²) >= 11 is 13.8. The third-order valence-electron chi connectivity index (χ3n) is 4.48. The third kappa shape index (κ3) is 6.95. The highest BCUT2D eigenvalue weighted by atomic mass is 35.5. The molecule has 0 aliphatic heterocycles. The first kappa shape index (κ1) is 23.6. The number of thioether (sulfide) groups is 1. The maximum absolute atomic E-state index is 13.1. The Morgan fingerprint density at radius 3 is 2.38 bits per heavy atom. The van der Waals surface area contributed by atoms with E-state index in [9.17, 15) is 9.59 Å². The SMILES string of the molecule is CCNC(=O)[C@@H](CC)N(Cc1ccc(Cl)cc1Cl)C(=O)CSc1ccc(C)cc1. The zero-order valence-electron chi connectivity index (χ0n) is 16.9. The van der Waals surface area contributed by atoms with Crippen molar-refractivity contribution in [2.75, 3.05) is 12.3 Å². The predicted molar refractivity (Wildman–Crippen MR) is 122 cm³/mol. The highest BCUT2D eigenvalue weighted by molar-refractivity contribution is 8.00. The molecule has 2 amide bonds. The summed E-state index contributed by atoms with van der Waals surface area (Å²) in [6.45, 7) is 6.54. The van der Waals surface area contributed by atoms with E-state index < -0.39 is 6.04 Å². The molecule has 0 fully saturated rings. The smallest absolute Gasteiger partial charge is 0.242 e. The number of aryl methyl sites for hydroxylation is 1. The zero-order chi connectivity index (χ0) is 21.4. The van der Waals surface area contributed by atoms with Gasteiger partial charge < -0.3 is 10.2 Å². The highest BCUT2D eigenvalue weighted by Crippen LogP contribution is 2.25. The van der Waals surface area contributed by atoms with Crippen LogP contribution in [-0.4, -0.2) is 35.1 Å². The Hall–Kier alpha value is -1.69. The topological polar surface area (TPSA) is 49.4 Å². The second-order valence-corrected chi connectivity index (χ2v) is 8.57. The van der Waals surface area contributed by atoms with Gasteiger partial charge in [0.25, 0.3) is 0 Å². The lowest BCUT2D eigenvalue weighted by atomic mass is 10.1. The lowest BCUT2D eigenvalue weighted by Crippen LogP contribution is -2.49. The van der Waals surface area contributed by atoms with E-state index in [1.165, 1.54) is 17.3 Å². The van der Waals surface area contributed by atoms with Gasteiger partial charge in [0, 0.05) is 28.0 Å². The minimum atomic E-state index is -0.562. The summed E-state index contributed by atoms with van der Waals surface area (Å²) in [5.41, 5.74) is 1.93. The largest absolute Gasteiger partial charge is 0.355 e. The second-order valence-electron chi connectivity index (χ2n) is 6.68. The fourth-order valence-electron chi connectivity index (χ4n) is 2.91. The first-order valence-electron chi connectivity index (χ1n) is 9.56. The number of likely N-dealkylation sites (N-methyl/N-ethyl adjacent to an activating group) is 1. The Morgan fingerprint density at radius 2 is 1.79 bits per heavy atom. The Labute approximate surface area is 187 Å². The number of nitrogens with zero attached hydrogens (tertiary/aromatic N) is 1. The van der Waals surface area contributed by atoms with Gasteiger partial charge in [0.05, 0.1) is 5.75 Å². The molecule has 2 aromatic carbocycles. The van der Waals surface area contributed by atoms with Crippen molar-refractivity contribution in [3.63, 3.8) is 0 Å². The molecular formula is C22H26Cl2N2O2S. The summed E-state index contributed by atoms with van der Waals surface area (Å²) in [4.78, 5) is 28.4. The molecule has 0 saturated heterocycles. The van der Waals surface area contributed by atoms with E-state index in [-0.39, 0.29) is 24.1 Å². The summed E-state index contributed by atoms with van der Waals surface area (Å²) in [7, 11) is 0. The first-order chi connectivity index (χ1) is 13.8. The Morgan fingerprint density at radius 1 is 1.10 bits per heavy atom. The van der Waals surface area contributed by atoms with Crippen LogP contribution in [-0.2, 0) is 16.1 Å². The van der Waals surface area contributed by atoms with Crippen LogP contribution in [0.2, 0.25) is 10.0 Å². The number of halogens is 2. The molecule has 0 heterocycles. The molecule has 0 aliphatic carbocycles. The summed E-state index contributed by atoms with van der Waals surface area (Å²) in [6, 6.07) is 12.6. The molecule has 2 aromatic rings. The fourth-order valence-corrected chi connectivity index (χ4v) is 4.16. The minimum Gasteiger partial charge on any atom is -0.355 e. The van der Waals surface area contributed by atoms with Crippen molar-refractivity contribution in [2.45, 2.75) is 44.7 Å². The number of benzene rings is 2. The number of hydrogen-bond acceptors (Lipinski definition) is 3. The standard InChI is InChI=1S/C22H26Cl2N2O2S/c1-4-20(22(28)25-5-2)26(13-16-8-9-17(23)12-19(16)24)21(27)14-29-18-10-6-15(3)7-11-18/h6-12,20H,4-5,13-14H2,1-3H3,(H,25,28)/t20-/m1/s1. The minimum absolute atomic E-state index is 0.111. The van der Waals surface area contributed by atoms with Crippen LogP contribution >= 0.6 is 35.0 Å². The van der Waals surface area contributed by atoms with Gasteiger partial charge in [0.15, 0.2) is 0 Å². The molecule has 0 radical (unpaired) electrons. The number of nitrogens with one attached hydrogen (secondary N) is 1. The van der Waals surface area contributed by atoms with Crippen molar-refractivity contribution in [1.29, 1.82) is 0 Å². The molecule has 156 valence electrons. The Bertz CT molecular complexity index is 843. The molecule has 7 heteroatoms. The lowest BCUT2D eigenvalue weighted by Gasteiger charge is -2.30. The quantitative estimate of drug-likeness (QED) is 0.522. The summed E-state index contributed by atoms with van der Waals surface area (Å²) in [5.74, 6) is -0.0297. The lowest BCUT2D eigenvalue weighted by molar-refractivity contribution is -0.139. The highest BCUT2D eigenvalue weighted by Gasteiger charge is 2.28. The van der Waals surface area contributed by atoms with E-state index in [0.29, 0.717) is 23.0 Å². The van der Waals surface area contributed by atoms with Crippen LogP contribution in [0.25, 0.3) is 0 Å². The van der Waals surface area contributed by atoms with E-state index in [2.05, 4.69) is 5.32 Å². The van der Waals surface area contributed by atoms with E-state index in [1.54, 1.807) is 23.1 Å². The molecule has 2 rings (SSSR count). The van der Waals surface area contributed by atoms with Crippen molar-refractivity contribution in [3.05, 3.63) is 63.6 Å². The van der Waals surface area contributed by atoms with Gasteiger partial charge in [-0.1, -0.05) is 53.9 Å². The number of carbonyl (C=O) groups is 2. The Balaban J connectivity index is 2.22. The van der Waals surface area contributed by atoms with Gasteiger partial charge in [0.2, 0.25) is 11.8 Å². The van der Waals surface area contributed by atoms with E-state index in [4.69, 9.17) is 23.2 Å². The van der Waals surface area contributed by atoms with Gasteiger partial charge in [0.1, 0.15) is 6.04 Å². The van der Waals surface area contributed by atoms with Crippen LogP contribution in [0.1, 0.15) is 31.4 Å².